The Morgan fingerprint density at radius 2 is 2.35 bits per heavy atom. The topological polar surface area (TPSA) is 59.9 Å². The minimum absolute atomic E-state index is 0.517. The van der Waals surface area contributed by atoms with Crippen molar-refractivity contribution in [1.82, 2.24) is 5.32 Å². The van der Waals surface area contributed by atoms with Crippen LogP contribution in [0.15, 0.2) is 29.4 Å². The monoisotopic (exact) mass is 234 g/mol. The summed E-state index contributed by atoms with van der Waals surface area (Å²) in [5, 5.41) is 6.38. The average Bonchev–Trinajstić information content (AvgIpc) is 2.36. The Labute approximate surface area is 99.4 Å². The molecule has 0 bridgehead atoms. The summed E-state index contributed by atoms with van der Waals surface area (Å²) < 4.78 is 5.47. The number of rotatable bonds is 2. The van der Waals surface area contributed by atoms with Crippen molar-refractivity contribution >= 4 is 11.8 Å². The smallest absolute Gasteiger partial charge is 0.433 e. The normalized spacial score (nSPS) is 15.9. The average molecular weight is 234 g/mol. The van der Waals surface area contributed by atoms with E-state index in [9.17, 15) is 4.79 Å². The molecule has 0 fully saturated rings. The number of ether oxygens (including phenoxy) is 1. The predicted molar refractivity (Wildman–Crippen MR) is 63.2 cm³/mol. The predicted octanol–water partition coefficient (Wildman–Crippen LogP) is 1.92. The molecule has 5 nitrogen and oxygen atoms in total. The zero-order chi connectivity index (χ0) is 12.1. The quantitative estimate of drug-likeness (QED) is 0.628. The Morgan fingerprint density at radius 1 is 1.53 bits per heavy atom. The van der Waals surface area contributed by atoms with Gasteiger partial charge >= 0.3 is 6.09 Å². The summed E-state index contributed by atoms with van der Waals surface area (Å²) in [6.07, 6.45) is 0.0973. The summed E-state index contributed by atoms with van der Waals surface area (Å²) in [6.45, 7) is 2.89. The van der Waals surface area contributed by atoms with Crippen molar-refractivity contribution in [3.8, 4) is 5.75 Å². The van der Waals surface area contributed by atoms with Crippen molar-refractivity contribution in [2.45, 2.75) is 13.3 Å². The molecule has 1 aliphatic heterocycles. The van der Waals surface area contributed by atoms with Gasteiger partial charge in [-0.05, 0) is 19.1 Å². The van der Waals surface area contributed by atoms with Gasteiger partial charge in [0, 0.05) is 18.5 Å². The second-order valence-electron chi connectivity index (χ2n) is 3.54. The van der Waals surface area contributed by atoms with Crippen LogP contribution in [0.3, 0.4) is 0 Å². The molecule has 1 N–H and O–H groups in total. The highest BCUT2D eigenvalue weighted by atomic mass is 16.7. The molecular weight excluding hydrogens is 220 g/mol. The first-order valence-corrected chi connectivity index (χ1v) is 5.55. The maximum atomic E-state index is 11.1. The maximum absolute atomic E-state index is 11.1. The number of carbonyl (C=O) groups is 1. The number of oxime groups is 1. The van der Waals surface area contributed by atoms with Gasteiger partial charge in [0.25, 0.3) is 0 Å². The van der Waals surface area contributed by atoms with Crippen LogP contribution in [0.4, 0.5) is 4.79 Å². The molecule has 1 aliphatic rings. The van der Waals surface area contributed by atoms with E-state index in [1.165, 1.54) is 0 Å². The third-order valence-corrected chi connectivity index (χ3v) is 2.35. The Morgan fingerprint density at radius 3 is 3.18 bits per heavy atom. The summed E-state index contributed by atoms with van der Waals surface area (Å²) in [5.41, 5.74) is 1.61. The number of para-hydroxylation sites is 1. The molecule has 0 unspecified atom stereocenters. The summed E-state index contributed by atoms with van der Waals surface area (Å²) in [4.78, 5) is 15.9. The van der Waals surface area contributed by atoms with Crippen LogP contribution in [0.5, 0.6) is 5.75 Å². The zero-order valence-corrected chi connectivity index (χ0v) is 9.60. The first-order valence-electron chi connectivity index (χ1n) is 5.55. The highest BCUT2D eigenvalue weighted by Gasteiger charge is 2.16. The molecule has 1 amide bonds. The van der Waals surface area contributed by atoms with E-state index in [0.717, 1.165) is 17.0 Å². The number of hydrogen-bond donors (Lipinski definition) is 1. The molecule has 5 heteroatoms. The summed E-state index contributed by atoms with van der Waals surface area (Å²) >= 11 is 0. The van der Waals surface area contributed by atoms with E-state index in [1.807, 2.05) is 31.2 Å². The van der Waals surface area contributed by atoms with E-state index >= 15 is 0 Å². The number of amides is 1. The summed E-state index contributed by atoms with van der Waals surface area (Å²) in [5.74, 6) is 0.775. The van der Waals surface area contributed by atoms with Gasteiger partial charge in [0.2, 0.25) is 0 Å². The number of hydrogen-bond acceptors (Lipinski definition) is 4. The van der Waals surface area contributed by atoms with Gasteiger partial charge < -0.3 is 10.1 Å². The second kappa shape index (κ2) is 5.34. The van der Waals surface area contributed by atoms with E-state index in [2.05, 4.69) is 10.5 Å². The van der Waals surface area contributed by atoms with Crippen molar-refractivity contribution in [2.24, 2.45) is 5.16 Å². The first kappa shape index (κ1) is 11.4. The minimum Gasteiger partial charge on any atom is -0.492 e. The highest BCUT2D eigenvalue weighted by Crippen LogP contribution is 2.24. The molecule has 0 saturated carbocycles. The van der Waals surface area contributed by atoms with Gasteiger partial charge in [-0.15, -0.1) is 0 Å². The third-order valence-electron chi connectivity index (χ3n) is 2.35. The molecule has 0 radical (unpaired) electrons. The van der Waals surface area contributed by atoms with Crippen molar-refractivity contribution < 1.29 is 14.4 Å². The molecule has 1 heterocycles. The van der Waals surface area contributed by atoms with Gasteiger partial charge in [0.15, 0.2) is 0 Å². The van der Waals surface area contributed by atoms with Crippen molar-refractivity contribution in [3.63, 3.8) is 0 Å². The molecule has 0 saturated heterocycles. The van der Waals surface area contributed by atoms with Crippen LogP contribution in [-0.2, 0) is 4.84 Å². The van der Waals surface area contributed by atoms with Crippen LogP contribution in [0.25, 0.3) is 0 Å². The van der Waals surface area contributed by atoms with Crippen LogP contribution in [0.2, 0.25) is 0 Å². The third kappa shape index (κ3) is 2.75. The number of benzene rings is 1. The zero-order valence-electron chi connectivity index (χ0n) is 9.60. The van der Waals surface area contributed by atoms with Crippen LogP contribution in [-0.4, -0.2) is 25.0 Å². The second-order valence-corrected chi connectivity index (χ2v) is 3.54. The van der Waals surface area contributed by atoms with E-state index in [-0.39, 0.29) is 0 Å². The minimum atomic E-state index is -0.538. The fourth-order valence-corrected chi connectivity index (χ4v) is 1.59. The summed E-state index contributed by atoms with van der Waals surface area (Å²) in [7, 11) is 0. The SMILES string of the molecule is CCNC(=O)O/N=C1\CCOc2ccccc21. The van der Waals surface area contributed by atoms with Gasteiger partial charge in [0.1, 0.15) is 5.75 Å². The fraction of sp³-hybridized carbons (Fsp3) is 0.333. The number of fused-ring (bicyclic) bond motifs is 1. The molecule has 0 aliphatic carbocycles. The van der Waals surface area contributed by atoms with Gasteiger partial charge in [-0.25, -0.2) is 4.79 Å². The van der Waals surface area contributed by atoms with E-state index in [1.54, 1.807) is 0 Å². The van der Waals surface area contributed by atoms with Crippen LogP contribution >= 0.6 is 0 Å². The lowest BCUT2D eigenvalue weighted by atomic mass is 10.0. The van der Waals surface area contributed by atoms with E-state index in [4.69, 9.17) is 9.57 Å². The lowest BCUT2D eigenvalue weighted by Gasteiger charge is -2.17. The Kier molecular flexibility index (Phi) is 3.59. The van der Waals surface area contributed by atoms with Crippen molar-refractivity contribution in [3.05, 3.63) is 29.8 Å². The fourth-order valence-electron chi connectivity index (χ4n) is 1.59. The van der Waals surface area contributed by atoms with Crippen LogP contribution < -0.4 is 10.1 Å². The molecule has 1 aromatic rings. The number of nitrogens with one attached hydrogen (secondary N) is 1. The van der Waals surface area contributed by atoms with Gasteiger partial charge in [0.05, 0.1) is 12.3 Å². The Bertz CT molecular complexity index is 443. The Hall–Kier alpha value is -2.04. The number of nitrogens with zero attached hydrogens (tertiary/aromatic N) is 1. The molecular formula is C12H14N2O3. The lowest BCUT2D eigenvalue weighted by molar-refractivity contribution is 0.150. The van der Waals surface area contributed by atoms with Gasteiger partial charge in [-0.3, -0.25) is 4.84 Å². The molecule has 0 aromatic heterocycles. The molecule has 2 rings (SSSR count). The molecule has 17 heavy (non-hydrogen) atoms. The van der Waals surface area contributed by atoms with Gasteiger partial charge in [-0.2, -0.15) is 0 Å². The standard InChI is InChI=1S/C12H14N2O3/c1-2-13-12(15)17-14-10-7-8-16-11-6-4-3-5-9(10)11/h3-6H,2,7-8H2,1H3,(H,13,15)/b14-10+. The first-order chi connectivity index (χ1) is 8.31. The Balaban J connectivity index is 2.12. The molecule has 90 valence electrons. The van der Waals surface area contributed by atoms with Crippen molar-refractivity contribution in [2.75, 3.05) is 13.2 Å². The summed E-state index contributed by atoms with van der Waals surface area (Å²) in [6, 6.07) is 7.56. The lowest BCUT2D eigenvalue weighted by Crippen LogP contribution is -2.23. The van der Waals surface area contributed by atoms with Crippen LogP contribution in [0, 0.1) is 0 Å². The molecule has 0 spiro atoms. The van der Waals surface area contributed by atoms with Crippen LogP contribution in [0.1, 0.15) is 18.9 Å². The van der Waals surface area contributed by atoms with Crippen molar-refractivity contribution in [1.29, 1.82) is 0 Å². The number of carbonyl (C=O) groups excluding carboxylic acids is 1. The maximum Gasteiger partial charge on any atom is 0.433 e. The highest BCUT2D eigenvalue weighted by molar-refractivity contribution is 6.03. The molecule has 0 atom stereocenters. The molecule has 1 aromatic carbocycles. The van der Waals surface area contributed by atoms with Gasteiger partial charge in [-0.1, -0.05) is 17.3 Å². The van der Waals surface area contributed by atoms with E-state index < -0.39 is 6.09 Å². The largest absolute Gasteiger partial charge is 0.492 e. The van der Waals surface area contributed by atoms with E-state index in [0.29, 0.717) is 19.6 Å².